The molecule has 0 amide bonds. The van der Waals surface area contributed by atoms with E-state index in [9.17, 15) is 0 Å². The summed E-state index contributed by atoms with van der Waals surface area (Å²) in [5.74, 6) is 0.921. The van der Waals surface area contributed by atoms with E-state index < -0.39 is 0 Å². The van der Waals surface area contributed by atoms with E-state index in [-0.39, 0.29) is 76.3 Å². The second-order valence-corrected chi connectivity index (χ2v) is 6.59. The second kappa shape index (κ2) is 20.1. The molecule has 0 aromatic heterocycles. The van der Waals surface area contributed by atoms with Gasteiger partial charge in [-0.15, -0.1) is 0 Å². The van der Waals surface area contributed by atoms with Crippen LogP contribution in [0.1, 0.15) is 11.1 Å². The quantitative estimate of drug-likeness (QED) is 0.409. The fourth-order valence-electron chi connectivity index (χ4n) is 2.58. The predicted octanol–water partition coefficient (Wildman–Crippen LogP) is -0.613. The molecular formula is C23H37CsN4O. The summed E-state index contributed by atoms with van der Waals surface area (Å²) in [6.45, 7) is 11.3. The van der Waals surface area contributed by atoms with E-state index in [0.717, 1.165) is 58.1 Å². The van der Waals surface area contributed by atoms with Gasteiger partial charge in [-0.3, -0.25) is 0 Å². The van der Waals surface area contributed by atoms with Crippen LogP contribution in [0.5, 0.6) is 5.75 Å². The Balaban J connectivity index is 0.000000518. The standard InChI is InChI=1S/C14H14O.C8H20N4.CH3.Cs/c1-12-7-9-14(10-8-12)15-11-13-5-3-2-4-6-13;1-2-10-5-6-12-8-7-11-4-3-9-1;;/h2-10H,11H2,1H3;9-12H,1-8H2;1H3;/q;;-1;+1. The Hall–Kier alpha value is 0.132. The van der Waals surface area contributed by atoms with Gasteiger partial charge in [-0.1, -0.05) is 48.0 Å². The van der Waals surface area contributed by atoms with E-state index in [4.69, 9.17) is 4.74 Å². The molecule has 1 aliphatic heterocycles. The SMILES string of the molecule is C1CNCCNCCNCCN1.Cc1ccc(OCc2ccccc2)cc1.[CH3-].[Cs+]. The summed E-state index contributed by atoms with van der Waals surface area (Å²) in [5.41, 5.74) is 2.44. The molecule has 5 nitrogen and oxygen atoms in total. The summed E-state index contributed by atoms with van der Waals surface area (Å²) in [7, 11) is 0. The van der Waals surface area contributed by atoms with Crippen LogP contribution < -0.4 is 94.9 Å². The fourth-order valence-corrected chi connectivity index (χ4v) is 2.58. The number of ether oxygens (including phenoxy) is 1. The van der Waals surface area contributed by atoms with Crippen LogP contribution in [0.4, 0.5) is 0 Å². The largest absolute Gasteiger partial charge is 1.00 e. The Morgan fingerprint density at radius 1 is 0.655 bits per heavy atom. The van der Waals surface area contributed by atoms with E-state index >= 15 is 0 Å². The van der Waals surface area contributed by atoms with Crippen LogP contribution in [0.3, 0.4) is 0 Å². The molecule has 0 saturated carbocycles. The minimum atomic E-state index is 0. The number of aryl methyl sites for hydroxylation is 1. The van der Waals surface area contributed by atoms with Gasteiger partial charge in [0.15, 0.2) is 0 Å². The molecule has 3 rings (SSSR count). The fraction of sp³-hybridized carbons (Fsp3) is 0.435. The first-order valence-corrected chi connectivity index (χ1v) is 9.91. The van der Waals surface area contributed by atoms with Crippen molar-refractivity contribution in [3.8, 4) is 5.75 Å². The molecule has 4 N–H and O–H groups in total. The third-order valence-corrected chi connectivity index (χ3v) is 4.18. The molecular weight excluding hydrogens is 481 g/mol. The average molecular weight is 518 g/mol. The van der Waals surface area contributed by atoms with Gasteiger partial charge in [-0.05, 0) is 24.6 Å². The van der Waals surface area contributed by atoms with Crippen LogP contribution in [0.2, 0.25) is 0 Å². The second-order valence-electron chi connectivity index (χ2n) is 6.59. The first-order chi connectivity index (χ1) is 13.3. The van der Waals surface area contributed by atoms with Gasteiger partial charge in [0, 0.05) is 52.4 Å². The molecule has 6 heteroatoms. The summed E-state index contributed by atoms with van der Waals surface area (Å²) in [6.07, 6.45) is 0. The number of nitrogens with one attached hydrogen (secondary N) is 4. The predicted molar refractivity (Wildman–Crippen MR) is 120 cm³/mol. The number of rotatable bonds is 3. The summed E-state index contributed by atoms with van der Waals surface area (Å²) in [6, 6.07) is 18.3. The molecule has 1 heterocycles. The molecule has 1 fully saturated rings. The van der Waals surface area contributed by atoms with Gasteiger partial charge < -0.3 is 33.4 Å². The van der Waals surface area contributed by atoms with Gasteiger partial charge in [0.2, 0.25) is 0 Å². The van der Waals surface area contributed by atoms with E-state index in [0.29, 0.717) is 6.61 Å². The van der Waals surface area contributed by atoms with Crippen LogP contribution in [0.25, 0.3) is 0 Å². The molecule has 1 aliphatic rings. The topological polar surface area (TPSA) is 57.3 Å². The number of benzene rings is 2. The first kappa shape index (κ1) is 29.1. The molecule has 156 valence electrons. The van der Waals surface area contributed by atoms with Crippen molar-refractivity contribution < 1.29 is 73.6 Å². The molecule has 0 atom stereocenters. The average Bonchev–Trinajstić information content (AvgIpc) is 2.69. The summed E-state index contributed by atoms with van der Waals surface area (Å²) in [5, 5.41) is 13.4. The van der Waals surface area contributed by atoms with Crippen molar-refractivity contribution in [2.45, 2.75) is 13.5 Å². The molecule has 2 aromatic carbocycles. The zero-order valence-corrected chi connectivity index (χ0v) is 24.7. The Morgan fingerprint density at radius 2 is 1.07 bits per heavy atom. The maximum Gasteiger partial charge on any atom is 1.00 e. The number of hydrogen-bond donors (Lipinski definition) is 4. The molecule has 29 heavy (non-hydrogen) atoms. The normalized spacial score (nSPS) is 15.1. The van der Waals surface area contributed by atoms with E-state index in [1.165, 1.54) is 11.1 Å². The molecule has 0 radical (unpaired) electrons. The molecule has 0 unspecified atom stereocenters. The van der Waals surface area contributed by atoms with E-state index in [2.05, 4.69) is 52.5 Å². The van der Waals surface area contributed by atoms with Gasteiger partial charge >= 0.3 is 68.9 Å². The third kappa shape index (κ3) is 15.6. The van der Waals surface area contributed by atoms with Crippen LogP contribution in [-0.4, -0.2) is 52.4 Å². The van der Waals surface area contributed by atoms with Gasteiger partial charge in [-0.25, -0.2) is 0 Å². The van der Waals surface area contributed by atoms with Crippen molar-refractivity contribution in [2.75, 3.05) is 52.4 Å². The first-order valence-electron chi connectivity index (χ1n) is 9.91. The van der Waals surface area contributed by atoms with Crippen molar-refractivity contribution in [3.05, 3.63) is 73.2 Å². The van der Waals surface area contributed by atoms with Crippen LogP contribution >= 0.6 is 0 Å². The van der Waals surface area contributed by atoms with Crippen molar-refractivity contribution in [2.24, 2.45) is 0 Å². The smallest absolute Gasteiger partial charge is 0.489 e. The summed E-state index contributed by atoms with van der Waals surface area (Å²) < 4.78 is 5.65. The van der Waals surface area contributed by atoms with Crippen molar-refractivity contribution >= 4 is 0 Å². The Labute approximate surface area is 236 Å². The molecule has 0 aliphatic carbocycles. The minimum Gasteiger partial charge on any atom is -0.489 e. The van der Waals surface area contributed by atoms with Crippen LogP contribution in [0.15, 0.2) is 54.6 Å². The minimum absolute atomic E-state index is 0. The van der Waals surface area contributed by atoms with Gasteiger partial charge in [0.1, 0.15) is 12.4 Å². The summed E-state index contributed by atoms with van der Waals surface area (Å²) >= 11 is 0. The number of hydrogen-bond acceptors (Lipinski definition) is 5. The van der Waals surface area contributed by atoms with Crippen molar-refractivity contribution in [1.29, 1.82) is 0 Å². The zero-order valence-electron chi connectivity index (χ0n) is 18.5. The van der Waals surface area contributed by atoms with E-state index in [1.807, 2.05) is 30.3 Å². The zero-order chi connectivity index (χ0) is 19.0. The van der Waals surface area contributed by atoms with Gasteiger partial charge in [-0.2, -0.15) is 0 Å². The maximum absolute atomic E-state index is 5.65. The molecule has 2 aromatic rings. The maximum atomic E-state index is 5.65. The monoisotopic (exact) mass is 518 g/mol. The summed E-state index contributed by atoms with van der Waals surface area (Å²) in [4.78, 5) is 0. The van der Waals surface area contributed by atoms with Crippen LogP contribution in [0, 0.1) is 14.4 Å². The van der Waals surface area contributed by atoms with Crippen molar-refractivity contribution in [1.82, 2.24) is 21.3 Å². The van der Waals surface area contributed by atoms with Gasteiger partial charge in [0.05, 0.1) is 0 Å². The Morgan fingerprint density at radius 3 is 1.48 bits per heavy atom. The molecule has 0 spiro atoms. The Bertz CT molecular complexity index is 553. The van der Waals surface area contributed by atoms with Gasteiger partial charge in [0.25, 0.3) is 0 Å². The van der Waals surface area contributed by atoms with Crippen LogP contribution in [-0.2, 0) is 6.61 Å². The van der Waals surface area contributed by atoms with Crippen molar-refractivity contribution in [3.63, 3.8) is 0 Å². The molecule has 0 bridgehead atoms. The molecule has 1 saturated heterocycles. The Kier molecular flexibility index (Phi) is 20.1. The third-order valence-electron chi connectivity index (χ3n) is 4.18. The van der Waals surface area contributed by atoms with E-state index in [1.54, 1.807) is 0 Å².